The molecular weight excluding hydrogens is 607 g/mol. The average molecular weight is 652 g/mol. The Morgan fingerprint density at radius 2 is 1.58 bits per heavy atom. The molecular formula is C47H45N3. The number of fused-ring (bicyclic) bond motifs is 2. The van der Waals surface area contributed by atoms with Gasteiger partial charge in [0.05, 0.1) is 6.04 Å². The summed E-state index contributed by atoms with van der Waals surface area (Å²) in [6.45, 7) is 0. The molecule has 5 unspecified atom stereocenters. The van der Waals surface area contributed by atoms with Crippen molar-refractivity contribution in [3.05, 3.63) is 190 Å². The number of aliphatic imine (C=N–C) groups is 1. The third kappa shape index (κ3) is 6.15. The fourth-order valence-corrected chi connectivity index (χ4v) is 8.82. The lowest BCUT2D eigenvalue weighted by Gasteiger charge is -2.36. The predicted octanol–water partition coefficient (Wildman–Crippen LogP) is 10.7. The number of pyridine rings is 1. The standard InChI is InChI=1S/C47H45N3/c1-2-9-32(10-3-1)33-18-26-38(27-19-33)47-49-45(36-22-16-34(17-23-36)40-12-8-28-48-31-40)30-46(50-47)37-24-20-35(21-25-37)44-29-39-11-4-5-13-41(39)42-14-6-7-15-43(42)44/h1-2,4-6,8-9,11-14,16-18,20,22,24-26,28-31,35-36,39,41,46H,3,7,10,15,19,21,23,27H2,(H,49,50). The second-order valence-corrected chi connectivity index (χ2v) is 14.6. The van der Waals surface area contributed by atoms with Crippen molar-refractivity contribution in [3.63, 3.8) is 0 Å². The quantitative estimate of drug-likeness (QED) is 0.332. The maximum atomic E-state index is 5.42. The van der Waals surface area contributed by atoms with Crippen LogP contribution in [0.2, 0.25) is 0 Å². The molecule has 0 amide bonds. The van der Waals surface area contributed by atoms with Crippen LogP contribution in [0.1, 0.15) is 56.9 Å². The van der Waals surface area contributed by atoms with E-state index in [1.54, 1.807) is 11.1 Å². The molecule has 0 bridgehead atoms. The predicted molar refractivity (Wildman–Crippen MR) is 208 cm³/mol. The first-order chi connectivity index (χ1) is 24.8. The van der Waals surface area contributed by atoms with Gasteiger partial charge in [-0.05, 0) is 114 Å². The summed E-state index contributed by atoms with van der Waals surface area (Å²) in [5.74, 6) is 2.67. The third-order valence-electron chi connectivity index (χ3n) is 11.6. The van der Waals surface area contributed by atoms with Crippen molar-refractivity contribution < 1.29 is 0 Å². The van der Waals surface area contributed by atoms with Crippen LogP contribution in [0.3, 0.4) is 0 Å². The molecule has 0 saturated heterocycles. The molecule has 3 heteroatoms. The van der Waals surface area contributed by atoms with Crippen LogP contribution in [0.25, 0.3) is 5.57 Å². The molecule has 0 fully saturated rings. The molecule has 2 heterocycles. The van der Waals surface area contributed by atoms with Crippen molar-refractivity contribution in [2.45, 2.75) is 57.4 Å². The Hall–Kier alpha value is -5.02. The molecule has 0 radical (unpaired) electrons. The van der Waals surface area contributed by atoms with E-state index in [2.05, 4.69) is 132 Å². The average Bonchev–Trinajstić information content (AvgIpc) is 3.21. The zero-order chi connectivity index (χ0) is 33.3. The first kappa shape index (κ1) is 31.0. The maximum Gasteiger partial charge on any atom is 0.129 e. The molecule has 1 aliphatic heterocycles. The van der Waals surface area contributed by atoms with Gasteiger partial charge in [0.1, 0.15) is 5.84 Å². The summed E-state index contributed by atoms with van der Waals surface area (Å²) in [5.41, 5.74) is 13.9. The topological polar surface area (TPSA) is 37.3 Å². The van der Waals surface area contributed by atoms with Gasteiger partial charge in [-0.3, -0.25) is 9.98 Å². The minimum absolute atomic E-state index is 0.00321. The van der Waals surface area contributed by atoms with Crippen molar-refractivity contribution in [1.82, 2.24) is 10.3 Å². The van der Waals surface area contributed by atoms with Crippen molar-refractivity contribution in [1.29, 1.82) is 0 Å². The second kappa shape index (κ2) is 13.7. The molecule has 1 aromatic rings. The third-order valence-corrected chi connectivity index (χ3v) is 11.6. The number of rotatable bonds is 6. The lowest BCUT2D eigenvalue weighted by atomic mass is 9.68. The van der Waals surface area contributed by atoms with E-state index in [9.17, 15) is 0 Å². The SMILES string of the molecule is C1=CCCC(C2=CC=C(C3=NC(C4=CCC(C5=CC6C=CC=CC6C6=C5CCC=C6)C=C4)C=C(C4C=CC(c5cccnc5)=CC4)N3)CC2)=C1. The number of nitrogens with zero attached hydrogens (tertiary/aromatic N) is 2. The van der Waals surface area contributed by atoms with E-state index in [0.29, 0.717) is 17.8 Å². The van der Waals surface area contributed by atoms with Crippen LogP contribution in [-0.4, -0.2) is 16.9 Å². The highest BCUT2D eigenvalue weighted by Gasteiger charge is 2.33. The molecule has 0 aromatic carbocycles. The zero-order valence-corrected chi connectivity index (χ0v) is 28.7. The van der Waals surface area contributed by atoms with Crippen LogP contribution in [-0.2, 0) is 0 Å². The molecule has 7 aliphatic carbocycles. The Labute approximate surface area is 297 Å². The maximum absolute atomic E-state index is 5.42. The van der Waals surface area contributed by atoms with E-state index in [1.807, 2.05) is 18.5 Å². The van der Waals surface area contributed by atoms with Crippen molar-refractivity contribution in [2.75, 3.05) is 0 Å². The van der Waals surface area contributed by atoms with Crippen LogP contribution in [0.4, 0.5) is 0 Å². The lowest BCUT2D eigenvalue weighted by molar-refractivity contribution is 0.590. The highest BCUT2D eigenvalue weighted by molar-refractivity contribution is 6.01. The molecule has 3 nitrogen and oxygen atoms in total. The Morgan fingerprint density at radius 3 is 2.38 bits per heavy atom. The minimum atomic E-state index is -0.00321. The number of nitrogens with one attached hydrogen (secondary N) is 1. The Morgan fingerprint density at radius 1 is 0.720 bits per heavy atom. The van der Waals surface area contributed by atoms with Crippen LogP contribution in [0.5, 0.6) is 0 Å². The monoisotopic (exact) mass is 651 g/mol. The number of allylic oxidation sites excluding steroid dienone is 23. The van der Waals surface area contributed by atoms with Crippen LogP contribution in [0, 0.1) is 23.7 Å². The van der Waals surface area contributed by atoms with Crippen LogP contribution in [0.15, 0.2) is 190 Å². The molecule has 5 atom stereocenters. The zero-order valence-electron chi connectivity index (χ0n) is 28.7. The first-order valence-electron chi connectivity index (χ1n) is 18.7. The molecule has 8 aliphatic rings. The summed E-state index contributed by atoms with van der Waals surface area (Å²) in [7, 11) is 0. The smallest absolute Gasteiger partial charge is 0.129 e. The van der Waals surface area contributed by atoms with Crippen molar-refractivity contribution in [2.24, 2.45) is 28.7 Å². The van der Waals surface area contributed by atoms with Gasteiger partial charge in [-0.1, -0.05) is 115 Å². The molecule has 248 valence electrons. The largest absolute Gasteiger partial charge is 0.343 e. The number of aromatic nitrogens is 1. The Balaban J connectivity index is 0.992. The fraction of sp³-hybridized carbons (Fsp3) is 0.277. The van der Waals surface area contributed by atoms with Gasteiger partial charge in [-0.25, -0.2) is 0 Å². The number of hydrogen-bond donors (Lipinski definition) is 1. The second-order valence-electron chi connectivity index (χ2n) is 14.6. The Bertz CT molecular complexity index is 2040. The minimum Gasteiger partial charge on any atom is -0.343 e. The fourth-order valence-electron chi connectivity index (χ4n) is 8.82. The summed E-state index contributed by atoms with van der Waals surface area (Å²) in [6, 6.07) is 4.15. The number of hydrogen-bond acceptors (Lipinski definition) is 3. The molecule has 0 spiro atoms. The van der Waals surface area contributed by atoms with E-state index in [4.69, 9.17) is 4.99 Å². The van der Waals surface area contributed by atoms with E-state index in [-0.39, 0.29) is 12.0 Å². The van der Waals surface area contributed by atoms with Gasteiger partial charge in [0, 0.05) is 41.8 Å². The first-order valence-corrected chi connectivity index (χ1v) is 18.7. The normalized spacial score (nSPS) is 29.7. The molecule has 1 N–H and O–H groups in total. The van der Waals surface area contributed by atoms with Gasteiger partial charge in [0.15, 0.2) is 0 Å². The molecule has 9 rings (SSSR count). The van der Waals surface area contributed by atoms with E-state index >= 15 is 0 Å². The van der Waals surface area contributed by atoms with Gasteiger partial charge < -0.3 is 5.32 Å². The summed E-state index contributed by atoms with van der Waals surface area (Å²) < 4.78 is 0. The van der Waals surface area contributed by atoms with Crippen LogP contribution >= 0.6 is 0 Å². The van der Waals surface area contributed by atoms with Gasteiger partial charge >= 0.3 is 0 Å². The summed E-state index contributed by atoms with van der Waals surface area (Å²) in [6.07, 6.45) is 57.2. The summed E-state index contributed by atoms with van der Waals surface area (Å²) in [4.78, 5) is 9.76. The van der Waals surface area contributed by atoms with E-state index < -0.39 is 0 Å². The Kier molecular flexibility index (Phi) is 8.50. The highest BCUT2D eigenvalue weighted by Crippen LogP contribution is 2.46. The van der Waals surface area contributed by atoms with Crippen molar-refractivity contribution >= 4 is 11.4 Å². The number of amidine groups is 1. The van der Waals surface area contributed by atoms with Gasteiger partial charge in [0.25, 0.3) is 0 Å². The molecule has 1 aromatic heterocycles. The van der Waals surface area contributed by atoms with Crippen LogP contribution < -0.4 is 5.32 Å². The highest BCUT2D eigenvalue weighted by atomic mass is 15.0. The summed E-state index contributed by atoms with van der Waals surface area (Å²) >= 11 is 0. The van der Waals surface area contributed by atoms with Gasteiger partial charge in [-0.15, -0.1) is 0 Å². The van der Waals surface area contributed by atoms with Gasteiger partial charge in [0.2, 0.25) is 0 Å². The van der Waals surface area contributed by atoms with E-state index in [0.717, 1.165) is 57.2 Å². The van der Waals surface area contributed by atoms with E-state index in [1.165, 1.54) is 44.7 Å². The molecule has 50 heavy (non-hydrogen) atoms. The van der Waals surface area contributed by atoms with Gasteiger partial charge in [-0.2, -0.15) is 0 Å². The van der Waals surface area contributed by atoms with Crippen molar-refractivity contribution in [3.8, 4) is 0 Å². The molecule has 0 saturated carbocycles. The summed E-state index contributed by atoms with van der Waals surface area (Å²) in [5, 5.41) is 3.84. The lowest BCUT2D eigenvalue weighted by Crippen LogP contribution is -2.35.